The summed E-state index contributed by atoms with van der Waals surface area (Å²) in [5.41, 5.74) is 1.11. The van der Waals surface area contributed by atoms with Crippen LogP contribution in [0.15, 0.2) is 30.9 Å². The molecule has 0 saturated carbocycles. The minimum absolute atomic E-state index is 0.686. The molecule has 3 nitrogen and oxygen atoms in total. The summed E-state index contributed by atoms with van der Waals surface area (Å²) in [7, 11) is 3.60. The van der Waals surface area contributed by atoms with Crippen LogP contribution in [0.25, 0.3) is 0 Å². The summed E-state index contributed by atoms with van der Waals surface area (Å²) in [6, 6.07) is 5.93. The first-order valence-electron chi connectivity index (χ1n) is 5.87. The molecule has 94 valence electrons. The van der Waals surface area contributed by atoms with Gasteiger partial charge in [0.2, 0.25) is 0 Å². The lowest BCUT2D eigenvalue weighted by molar-refractivity contribution is 0.286. The molecule has 1 aromatic rings. The maximum Gasteiger partial charge on any atom is 0.164 e. The molecule has 1 rings (SSSR count). The number of para-hydroxylation sites is 1. The molecular formula is C14H21NO2. The number of benzene rings is 1. The summed E-state index contributed by atoms with van der Waals surface area (Å²) in [6.07, 6.45) is 3.63. The Bertz CT molecular complexity index is 350. The van der Waals surface area contributed by atoms with Crippen LogP contribution in [-0.2, 0) is 6.42 Å². The Morgan fingerprint density at radius 1 is 1.41 bits per heavy atom. The van der Waals surface area contributed by atoms with E-state index in [9.17, 15) is 0 Å². The highest BCUT2D eigenvalue weighted by atomic mass is 16.5. The fourth-order valence-electron chi connectivity index (χ4n) is 1.63. The molecule has 0 unspecified atom stereocenters. The molecule has 0 spiro atoms. The van der Waals surface area contributed by atoms with Gasteiger partial charge in [-0.3, -0.25) is 0 Å². The standard InChI is InChI=1S/C14H21NO2/c1-4-7-12-8-5-9-13(16-3)14(12)17-11-6-10-15-2/h4-5,8-9,15H,1,6-7,10-11H2,2-3H3. The van der Waals surface area contributed by atoms with E-state index in [2.05, 4.69) is 11.9 Å². The normalized spacial score (nSPS) is 10.0. The second-order valence-electron chi connectivity index (χ2n) is 3.75. The maximum atomic E-state index is 5.80. The summed E-state index contributed by atoms with van der Waals surface area (Å²) >= 11 is 0. The molecule has 0 amide bonds. The Kier molecular flexibility index (Phi) is 6.18. The smallest absolute Gasteiger partial charge is 0.164 e. The monoisotopic (exact) mass is 235 g/mol. The van der Waals surface area contributed by atoms with Gasteiger partial charge in [0.25, 0.3) is 0 Å². The summed E-state index contributed by atoms with van der Waals surface area (Å²) in [5, 5.41) is 3.09. The lowest BCUT2D eigenvalue weighted by Gasteiger charge is -2.14. The minimum atomic E-state index is 0.686. The highest BCUT2D eigenvalue weighted by molar-refractivity contribution is 5.47. The molecule has 3 heteroatoms. The zero-order valence-corrected chi connectivity index (χ0v) is 10.7. The second kappa shape index (κ2) is 7.74. The Morgan fingerprint density at radius 3 is 2.88 bits per heavy atom. The lowest BCUT2D eigenvalue weighted by Crippen LogP contribution is -2.12. The largest absolute Gasteiger partial charge is 0.493 e. The van der Waals surface area contributed by atoms with Crippen LogP contribution in [0.2, 0.25) is 0 Å². The molecule has 0 atom stereocenters. The summed E-state index contributed by atoms with van der Waals surface area (Å²) in [4.78, 5) is 0. The van der Waals surface area contributed by atoms with Gasteiger partial charge in [-0.1, -0.05) is 18.2 Å². The number of allylic oxidation sites excluding steroid dienone is 1. The van der Waals surface area contributed by atoms with Gasteiger partial charge in [-0.2, -0.15) is 0 Å². The van der Waals surface area contributed by atoms with Crippen LogP contribution in [0.5, 0.6) is 11.5 Å². The number of methoxy groups -OCH3 is 1. The van der Waals surface area contributed by atoms with Gasteiger partial charge in [-0.05, 0) is 32.5 Å². The summed E-state index contributed by atoms with van der Waals surface area (Å²) in [6.45, 7) is 5.39. The van der Waals surface area contributed by atoms with E-state index in [1.165, 1.54) is 0 Å². The minimum Gasteiger partial charge on any atom is -0.493 e. The van der Waals surface area contributed by atoms with Gasteiger partial charge in [0.05, 0.1) is 13.7 Å². The third-order valence-electron chi connectivity index (χ3n) is 2.46. The van der Waals surface area contributed by atoms with E-state index < -0.39 is 0 Å². The predicted octanol–water partition coefficient (Wildman–Crippen LogP) is 2.41. The molecule has 0 fully saturated rings. The third-order valence-corrected chi connectivity index (χ3v) is 2.46. The molecule has 1 aromatic carbocycles. The number of ether oxygens (including phenoxy) is 2. The van der Waals surface area contributed by atoms with E-state index in [1.807, 2.05) is 31.3 Å². The Balaban J connectivity index is 2.73. The fraction of sp³-hybridized carbons (Fsp3) is 0.429. The average Bonchev–Trinajstić information content (AvgIpc) is 2.36. The highest BCUT2D eigenvalue weighted by Gasteiger charge is 2.08. The van der Waals surface area contributed by atoms with Crippen LogP contribution in [-0.4, -0.2) is 27.3 Å². The van der Waals surface area contributed by atoms with Gasteiger partial charge in [0.1, 0.15) is 0 Å². The molecule has 0 aliphatic rings. The second-order valence-corrected chi connectivity index (χ2v) is 3.75. The van der Waals surface area contributed by atoms with E-state index in [1.54, 1.807) is 7.11 Å². The first-order chi connectivity index (χ1) is 8.33. The van der Waals surface area contributed by atoms with E-state index in [-0.39, 0.29) is 0 Å². The fourth-order valence-corrected chi connectivity index (χ4v) is 1.63. The number of nitrogens with one attached hydrogen (secondary N) is 1. The van der Waals surface area contributed by atoms with Crippen molar-refractivity contribution in [2.75, 3.05) is 27.3 Å². The molecule has 0 heterocycles. The number of hydrogen-bond donors (Lipinski definition) is 1. The van der Waals surface area contributed by atoms with Gasteiger partial charge in [0, 0.05) is 5.56 Å². The summed E-state index contributed by atoms with van der Waals surface area (Å²) < 4.78 is 11.1. The quantitative estimate of drug-likeness (QED) is 0.554. The van der Waals surface area contributed by atoms with Crippen LogP contribution in [0.4, 0.5) is 0 Å². The molecule has 1 N–H and O–H groups in total. The van der Waals surface area contributed by atoms with Gasteiger partial charge < -0.3 is 14.8 Å². The molecular weight excluding hydrogens is 214 g/mol. The van der Waals surface area contributed by atoms with Crippen LogP contribution in [0.3, 0.4) is 0 Å². The predicted molar refractivity (Wildman–Crippen MR) is 70.9 cm³/mol. The van der Waals surface area contributed by atoms with Gasteiger partial charge in [-0.15, -0.1) is 6.58 Å². The summed E-state index contributed by atoms with van der Waals surface area (Å²) in [5.74, 6) is 1.62. The molecule has 0 radical (unpaired) electrons. The van der Waals surface area contributed by atoms with Crippen LogP contribution < -0.4 is 14.8 Å². The van der Waals surface area contributed by atoms with Crippen molar-refractivity contribution in [3.8, 4) is 11.5 Å². The van der Waals surface area contributed by atoms with Crippen LogP contribution in [0.1, 0.15) is 12.0 Å². The Morgan fingerprint density at radius 2 is 2.24 bits per heavy atom. The molecule has 17 heavy (non-hydrogen) atoms. The van der Waals surface area contributed by atoms with E-state index in [4.69, 9.17) is 9.47 Å². The van der Waals surface area contributed by atoms with Crippen molar-refractivity contribution in [3.05, 3.63) is 36.4 Å². The number of rotatable bonds is 8. The maximum absolute atomic E-state index is 5.80. The topological polar surface area (TPSA) is 30.5 Å². The van der Waals surface area contributed by atoms with Crippen molar-refractivity contribution >= 4 is 0 Å². The van der Waals surface area contributed by atoms with Crippen molar-refractivity contribution in [3.63, 3.8) is 0 Å². The van der Waals surface area contributed by atoms with Crippen molar-refractivity contribution in [1.29, 1.82) is 0 Å². The van der Waals surface area contributed by atoms with Crippen LogP contribution >= 0.6 is 0 Å². The number of hydrogen-bond acceptors (Lipinski definition) is 3. The van der Waals surface area contributed by atoms with Crippen molar-refractivity contribution < 1.29 is 9.47 Å². The zero-order chi connectivity index (χ0) is 12.5. The SMILES string of the molecule is C=CCc1cccc(OC)c1OCCCNC. The van der Waals surface area contributed by atoms with Gasteiger partial charge >= 0.3 is 0 Å². The molecule has 0 bridgehead atoms. The molecule has 0 aromatic heterocycles. The Hall–Kier alpha value is -1.48. The average molecular weight is 235 g/mol. The highest BCUT2D eigenvalue weighted by Crippen LogP contribution is 2.31. The first kappa shape index (κ1) is 13.6. The zero-order valence-electron chi connectivity index (χ0n) is 10.7. The van der Waals surface area contributed by atoms with E-state index in [0.29, 0.717) is 6.61 Å². The van der Waals surface area contributed by atoms with Gasteiger partial charge in [0.15, 0.2) is 11.5 Å². The first-order valence-corrected chi connectivity index (χ1v) is 5.87. The van der Waals surface area contributed by atoms with Crippen molar-refractivity contribution in [1.82, 2.24) is 5.32 Å². The van der Waals surface area contributed by atoms with Gasteiger partial charge in [-0.25, -0.2) is 0 Å². The molecule has 0 saturated heterocycles. The van der Waals surface area contributed by atoms with Crippen LogP contribution in [0, 0.1) is 0 Å². The van der Waals surface area contributed by atoms with E-state index in [0.717, 1.165) is 36.4 Å². The molecule has 0 aliphatic heterocycles. The van der Waals surface area contributed by atoms with Crippen molar-refractivity contribution in [2.24, 2.45) is 0 Å². The molecule has 0 aliphatic carbocycles. The Labute approximate surface area is 103 Å². The van der Waals surface area contributed by atoms with E-state index >= 15 is 0 Å². The third kappa shape index (κ3) is 4.11. The van der Waals surface area contributed by atoms with Crippen molar-refractivity contribution in [2.45, 2.75) is 12.8 Å². The lowest BCUT2D eigenvalue weighted by atomic mass is 10.1.